The van der Waals surface area contributed by atoms with Crippen LogP contribution in [0.4, 0.5) is 0 Å². The molecule has 0 radical (unpaired) electrons. The van der Waals surface area contributed by atoms with Crippen molar-refractivity contribution in [3.8, 4) is 0 Å². The van der Waals surface area contributed by atoms with Gasteiger partial charge in [0.05, 0.1) is 0 Å². The summed E-state index contributed by atoms with van der Waals surface area (Å²) in [7, 11) is -1.16. The fraction of sp³-hybridized carbons (Fsp3) is 0.444. The van der Waals surface area contributed by atoms with E-state index in [2.05, 4.69) is 76.3 Å². The highest BCUT2D eigenvalue weighted by Gasteiger charge is 2.25. The van der Waals surface area contributed by atoms with E-state index in [0.29, 0.717) is 0 Å². The monoisotopic (exact) mass is 285 g/mol. The molecule has 1 N–H and O–H groups in total. The van der Waals surface area contributed by atoms with Gasteiger partial charge in [-0.2, -0.15) is 0 Å². The van der Waals surface area contributed by atoms with Crippen LogP contribution in [-0.2, 0) is 0 Å². The number of benzene rings is 1. The molecule has 0 fully saturated rings. The van der Waals surface area contributed by atoms with Crippen molar-refractivity contribution in [2.24, 2.45) is 0 Å². The van der Waals surface area contributed by atoms with Crippen LogP contribution in [0.15, 0.2) is 52.8 Å². The molecule has 1 aromatic carbocycles. The van der Waals surface area contributed by atoms with Gasteiger partial charge in [0.25, 0.3) is 0 Å². The van der Waals surface area contributed by atoms with E-state index in [1.807, 2.05) is 0 Å². The number of hydrogen-bond acceptors (Lipinski definition) is 1. The molecule has 1 aliphatic carbocycles. The number of nitrogens with one attached hydrogen (secondary N) is 1. The maximum absolute atomic E-state index is 3.74. The predicted molar refractivity (Wildman–Crippen MR) is 92.1 cm³/mol. The van der Waals surface area contributed by atoms with Crippen LogP contribution in [-0.4, -0.2) is 20.5 Å². The lowest BCUT2D eigenvalue weighted by Crippen LogP contribution is -2.48. The molecular formula is C18H27NSi. The Hall–Kier alpha value is -1.12. The van der Waals surface area contributed by atoms with Crippen molar-refractivity contribution >= 4 is 14.0 Å². The summed E-state index contributed by atoms with van der Waals surface area (Å²) in [5.41, 5.74) is 3.28. The van der Waals surface area contributed by atoms with E-state index >= 15 is 0 Å². The number of hydrogen-bond donors (Lipinski definition) is 1. The SMILES string of the molecule is CC1=CCC(C)=C1[SiH](CNC(C)(C)C)c1ccccc1. The van der Waals surface area contributed by atoms with Crippen molar-refractivity contribution in [1.82, 2.24) is 5.32 Å². The van der Waals surface area contributed by atoms with Gasteiger partial charge in [0.1, 0.15) is 8.80 Å². The van der Waals surface area contributed by atoms with Crippen molar-refractivity contribution in [3.05, 3.63) is 52.8 Å². The first-order valence-corrected chi connectivity index (χ1v) is 9.52. The second kappa shape index (κ2) is 6.11. The predicted octanol–water partition coefficient (Wildman–Crippen LogP) is 3.25. The first-order chi connectivity index (χ1) is 9.38. The Morgan fingerprint density at radius 1 is 1.10 bits per heavy atom. The molecule has 1 unspecified atom stereocenters. The lowest BCUT2D eigenvalue weighted by atomic mass is 10.1. The van der Waals surface area contributed by atoms with Gasteiger partial charge in [0.2, 0.25) is 0 Å². The summed E-state index contributed by atoms with van der Waals surface area (Å²) in [6, 6.07) is 11.1. The molecular weight excluding hydrogens is 258 g/mol. The summed E-state index contributed by atoms with van der Waals surface area (Å²) in [6.45, 7) is 11.3. The van der Waals surface area contributed by atoms with Gasteiger partial charge in [-0.3, -0.25) is 0 Å². The van der Waals surface area contributed by atoms with Crippen molar-refractivity contribution in [1.29, 1.82) is 0 Å². The van der Waals surface area contributed by atoms with Crippen molar-refractivity contribution in [3.63, 3.8) is 0 Å². The highest BCUT2D eigenvalue weighted by atomic mass is 28.3. The van der Waals surface area contributed by atoms with E-state index in [-0.39, 0.29) is 5.54 Å². The summed E-state index contributed by atoms with van der Waals surface area (Å²) in [5.74, 6) is 0. The second-order valence-electron chi connectivity index (χ2n) is 6.88. The van der Waals surface area contributed by atoms with Crippen molar-refractivity contribution in [2.75, 3.05) is 6.17 Å². The molecule has 0 spiro atoms. The van der Waals surface area contributed by atoms with Crippen molar-refractivity contribution < 1.29 is 0 Å². The van der Waals surface area contributed by atoms with Crippen LogP contribution < -0.4 is 10.5 Å². The molecule has 0 aromatic heterocycles. The van der Waals surface area contributed by atoms with Gasteiger partial charge in [-0.25, -0.2) is 0 Å². The third-order valence-corrected chi connectivity index (χ3v) is 7.43. The van der Waals surface area contributed by atoms with Crippen LogP contribution in [0.3, 0.4) is 0 Å². The second-order valence-corrected chi connectivity index (χ2v) is 9.64. The fourth-order valence-electron chi connectivity index (χ4n) is 2.92. The molecule has 0 saturated heterocycles. The smallest absolute Gasteiger partial charge is 0.116 e. The molecule has 1 aliphatic rings. The summed E-state index contributed by atoms with van der Waals surface area (Å²) in [6.07, 6.45) is 4.67. The Morgan fingerprint density at radius 3 is 2.25 bits per heavy atom. The van der Waals surface area contributed by atoms with Gasteiger partial charge in [0.15, 0.2) is 0 Å². The van der Waals surface area contributed by atoms with Gasteiger partial charge in [-0.1, -0.05) is 57.9 Å². The van der Waals surface area contributed by atoms with E-state index in [1.165, 1.54) is 5.57 Å². The van der Waals surface area contributed by atoms with E-state index < -0.39 is 8.80 Å². The van der Waals surface area contributed by atoms with E-state index in [9.17, 15) is 0 Å². The summed E-state index contributed by atoms with van der Waals surface area (Å²) < 4.78 is 0. The molecule has 2 rings (SSSR count). The summed E-state index contributed by atoms with van der Waals surface area (Å²) in [4.78, 5) is 0. The van der Waals surface area contributed by atoms with Gasteiger partial charge in [0, 0.05) is 5.54 Å². The van der Waals surface area contributed by atoms with E-state index in [0.717, 1.165) is 12.6 Å². The minimum Gasteiger partial charge on any atom is -0.314 e. The summed E-state index contributed by atoms with van der Waals surface area (Å²) in [5, 5.41) is 6.96. The van der Waals surface area contributed by atoms with Crippen molar-refractivity contribution in [2.45, 2.75) is 46.6 Å². The highest BCUT2D eigenvalue weighted by molar-refractivity contribution is 6.81. The van der Waals surface area contributed by atoms with E-state index in [4.69, 9.17) is 0 Å². The maximum Gasteiger partial charge on any atom is 0.116 e. The molecule has 0 heterocycles. The van der Waals surface area contributed by atoms with Gasteiger partial charge < -0.3 is 5.32 Å². The van der Waals surface area contributed by atoms with Gasteiger partial charge in [-0.15, -0.1) is 0 Å². The minimum absolute atomic E-state index is 0.185. The summed E-state index contributed by atoms with van der Waals surface area (Å²) >= 11 is 0. The Labute approximate surface area is 125 Å². The van der Waals surface area contributed by atoms with Crippen LogP contribution in [0, 0.1) is 0 Å². The third kappa shape index (κ3) is 3.71. The molecule has 108 valence electrons. The van der Waals surface area contributed by atoms with Crippen LogP contribution in [0.1, 0.15) is 41.0 Å². The zero-order valence-electron chi connectivity index (χ0n) is 13.5. The van der Waals surface area contributed by atoms with Gasteiger partial charge in [-0.05, 0) is 47.2 Å². The third-order valence-electron chi connectivity index (χ3n) is 3.99. The molecule has 1 nitrogen and oxygen atoms in total. The number of allylic oxidation sites excluding steroid dienone is 4. The van der Waals surface area contributed by atoms with E-state index in [1.54, 1.807) is 16.0 Å². The average Bonchev–Trinajstić information content (AvgIpc) is 2.71. The van der Waals surface area contributed by atoms with Crippen LogP contribution >= 0.6 is 0 Å². The molecule has 20 heavy (non-hydrogen) atoms. The Balaban J connectivity index is 2.31. The Bertz CT molecular complexity index is 520. The highest BCUT2D eigenvalue weighted by Crippen LogP contribution is 2.27. The number of rotatable bonds is 4. The Morgan fingerprint density at radius 2 is 1.75 bits per heavy atom. The molecule has 2 heteroatoms. The standard InChI is InChI=1S/C18H27NSi/c1-14-11-12-15(2)17(14)20(13-19-18(3,4)5)16-9-7-6-8-10-16/h6-11,19-20H,12-13H2,1-5H3. The molecule has 0 saturated carbocycles. The van der Waals surface area contributed by atoms with Crippen LogP contribution in [0.2, 0.25) is 0 Å². The molecule has 1 aromatic rings. The topological polar surface area (TPSA) is 12.0 Å². The first-order valence-electron chi connectivity index (χ1n) is 7.55. The lowest BCUT2D eigenvalue weighted by molar-refractivity contribution is 0.457. The Kier molecular flexibility index (Phi) is 4.66. The van der Waals surface area contributed by atoms with Crippen LogP contribution in [0.5, 0.6) is 0 Å². The first kappa shape index (κ1) is 15.3. The molecule has 0 bridgehead atoms. The maximum atomic E-state index is 3.74. The lowest BCUT2D eigenvalue weighted by Gasteiger charge is -2.27. The molecule has 1 atom stereocenters. The van der Waals surface area contributed by atoms with Gasteiger partial charge >= 0.3 is 0 Å². The zero-order valence-corrected chi connectivity index (χ0v) is 14.6. The molecule has 0 aliphatic heterocycles. The normalized spacial score (nSPS) is 17.4. The quantitative estimate of drug-likeness (QED) is 0.837. The average molecular weight is 286 g/mol. The largest absolute Gasteiger partial charge is 0.314 e. The minimum atomic E-state index is -1.16. The zero-order chi connectivity index (χ0) is 14.8. The molecule has 0 amide bonds. The van der Waals surface area contributed by atoms with Crippen LogP contribution in [0.25, 0.3) is 0 Å². The fourth-order valence-corrected chi connectivity index (χ4v) is 6.57.